The van der Waals surface area contributed by atoms with Crippen LogP contribution in [-0.2, 0) is 17.9 Å². The zero-order valence-electron chi connectivity index (χ0n) is 18.3. The molecule has 166 valence electrons. The molecule has 1 aliphatic rings. The quantitative estimate of drug-likeness (QED) is 0.646. The van der Waals surface area contributed by atoms with Crippen molar-refractivity contribution in [3.63, 3.8) is 0 Å². The van der Waals surface area contributed by atoms with E-state index in [9.17, 15) is 9.59 Å². The summed E-state index contributed by atoms with van der Waals surface area (Å²) in [5, 5.41) is 5.56. The van der Waals surface area contributed by atoms with Gasteiger partial charge in [0.25, 0.3) is 5.91 Å². The van der Waals surface area contributed by atoms with E-state index in [1.165, 1.54) is 39.0 Å². The molecule has 1 aliphatic heterocycles. The van der Waals surface area contributed by atoms with Crippen LogP contribution in [0.3, 0.4) is 0 Å². The molecule has 0 atom stereocenters. The molecule has 2 aromatic carbocycles. The van der Waals surface area contributed by atoms with Crippen molar-refractivity contribution in [2.45, 2.75) is 32.4 Å². The van der Waals surface area contributed by atoms with Gasteiger partial charge in [-0.05, 0) is 55.3 Å². The first-order valence-electron chi connectivity index (χ1n) is 10.7. The van der Waals surface area contributed by atoms with Crippen LogP contribution >= 0.6 is 0 Å². The Bertz CT molecular complexity index is 894. The first-order chi connectivity index (χ1) is 15.1. The van der Waals surface area contributed by atoms with E-state index in [2.05, 4.69) is 21.6 Å². The minimum atomic E-state index is -0.346. The smallest absolute Gasteiger partial charge is 0.251 e. The lowest BCUT2D eigenvalue weighted by atomic mass is 10.0. The summed E-state index contributed by atoms with van der Waals surface area (Å²) >= 11 is 0. The molecule has 1 saturated heterocycles. The average Bonchev–Trinajstić information content (AvgIpc) is 2.82. The van der Waals surface area contributed by atoms with E-state index in [1.54, 1.807) is 18.2 Å². The van der Waals surface area contributed by atoms with E-state index in [0.717, 1.165) is 25.2 Å². The summed E-state index contributed by atoms with van der Waals surface area (Å²) in [5.41, 5.74) is 2.74. The Labute approximate surface area is 183 Å². The largest absolute Gasteiger partial charge is 0.493 e. The maximum Gasteiger partial charge on any atom is 0.251 e. The van der Waals surface area contributed by atoms with E-state index < -0.39 is 0 Å². The van der Waals surface area contributed by atoms with Crippen molar-refractivity contribution in [3.8, 4) is 11.5 Å². The molecule has 0 spiro atoms. The molecule has 2 N–H and O–H groups in total. The second kappa shape index (κ2) is 11.4. The number of hydrogen-bond acceptors (Lipinski definition) is 5. The first kappa shape index (κ1) is 22.6. The summed E-state index contributed by atoms with van der Waals surface area (Å²) in [6.07, 6.45) is 3.81. The predicted molar refractivity (Wildman–Crippen MR) is 119 cm³/mol. The van der Waals surface area contributed by atoms with Crippen LogP contribution in [-0.4, -0.2) is 50.6 Å². The third kappa shape index (κ3) is 6.46. The lowest BCUT2D eigenvalue weighted by molar-refractivity contribution is -0.120. The number of amides is 2. The van der Waals surface area contributed by atoms with Crippen LogP contribution in [0.2, 0.25) is 0 Å². The van der Waals surface area contributed by atoms with Gasteiger partial charge < -0.3 is 20.1 Å². The third-order valence-corrected chi connectivity index (χ3v) is 5.49. The minimum absolute atomic E-state index is 0.0958. The molecule has 2 amide bonds. The number of carbonyl (C=O) groups excluding carboxylic acids is 2. The summed E-state index contributed by atoms with van der Waals surface area (Å²) < 4.78 is 10.4. The summed E-state index contributed by atoms with van der Waals surface area (Å²) in [6.45, 7) is 3.50. The number of methoxy groups -OCH3 is 2. The number of nitrogens with one attached hydrogen (secondary N) is 2. The van der Waals surface area contributed by atoms with Gasteiger partial charge in [0.2, 0.25) is 5.91 Å². The van der Waals surface area contributed by atoms with Crippen LogP contribution in [0.25, 0.3) is 0 Å². The van der Waals surface area contributed by atoms with Crippen LogP contribution in [0.5, 0.6) is 11.5 Å². The highest BCUT2D eigenvalue weighted by Gasteiger charge is 2.14. The fraction of sp³-hybridized carbons (Fsp3) is 0.417. The van der Waals surface area contributed by atoms with E-state index in [-0.39, 0.29) is 18.4 Å². The molecular formula is C24H31N3O4. The number of hydrogen-bond donors (Lipinski definition) is 2. The van der Waals surface area contributed by atoms with Gasteiger partial charge in [-0.1, -0.05) is 30.7 Å². The number of carbonyl (C=O) groups is 2. The van der Waals surface area contributed by atoms with Crippen molar-refractivity contribution in [1.29, 1.82) is 0 Å². The van der Waals surface area contributed by atoms with Gasteiger partial charge in [-0.2, -0.15) is 0 Å². The Kier molecular flexibility index (Phi) is 8.29. The highest BCUT2D eigenvalue weighted by molar-refractivity contribution is 5.97. The van der Waals surface area contributed by atoms with Crippen LogP contribution in [0.1, 0.15) is 40.7 Å². The normalized spacial score (nSPS) is 14.0. The molecule has 1 fully saturated rings. The number of benzene rings is 2. The molecule has 2 aromatic rings. The Morgan fingerprint density at radius 1 is 0.903 bits per heavy atom. The SMILES string of the molecule is COc1ccc(C(=O)NCC(=O)NCc2ccccc2CN2CCCCC2)cc1OC. The van der Waals surface area contributed by atoms with Crippen molar-refractivity contribution in [2.75, 3.05) is 33.9 Å². The zero-order valence-corrected chi connectivity index (χ0v) is 18.3. The van der Waals surface area contributed by atoms with Crippen LogP contribution < -0.4 is 20.1 Å². The van der Waals surface area contributed by atoms with Gasteiger partial charge >= 0.3 is 0 Å². The molecule has 7 heteroatoms. The van der Waals surface area contributed by atoms with Gasteiger partial charge in [0.05, 0.1) is 20.8 Å². The van der Waals surface area contributed by atoms with Crippen LogP contribution in [0.15, 0.2) is 42.5 Å². The van der Waals surface area contributed by atoms with Crippen molar-refractivity contribution in [1.82, 2.24) is 15.5 Å². The third-order valence-electron chi connectivity index (χ3n) is 5.49. The zero-order chi connectivity index (χ0) is 22.1. The number of nitrogens with zero attached hydrogens (tertiary/aromatic N) is 1. The Balaban J connectivity index is 1.50. The van der Waals surface area contributed by atoms with Crippen LogP contribution in [0, 0.1) is 0 Å². The second-order valence-corrected chi connectivity index (χ2v) is 7.63. The lowest BCUT2D eigenvalue weighted by Gasteiger charge is -2.27. The molecule has 7 nitrogen and oxygen atoms in total. The molecule has 1 heterocycles. The molecule has 31 heavy (non-hydrogen) atoms. The van der Waals surface area contributed by atoms with Gasteiger partial charge in [0.15, 0.2) is 11.5 Å². The van der Waals surface area contributed by atoms with Crippen LogP contribution in [0.4, 0.5) is 0 Å². The lowest BCUT2D eigenvalue weighted by Crippen LogP contribution is -2.37. The Morgan fingerprint density at radius 3 is 2.32 bits per heavy atom. The summed E-state index contributed by atoms with van der Waals surface area (Å²) in [5.74, 6) is 0.424. The Hall–Kier alpha value is -3.06. The maximum absolute atomic E-state index is 12.4. The van der Waals surface area contributed by atoms with E-state index in [1.807, 2.05) is 18.2 Å². The fourth-order valence-electron chi connectivity index (χ4n) is 3.74. The van der Waals surface area contributed by atoms with Gasteiger partial charge in [0, 0.05) is 18.7 Å². The van der Waals surface area contributed by atoms with E-state index in [0.29, 0.717) is 23.6 Å². The summed E-state index contributed by atoms with van der Waals surface area (Å²) in [6, 6.07) is 13.1. The predicted octanol–water partition coefficient (Wildman–Crippen LogP) is 2.74. The van der Waals surface area contributed by atoms with Crippen molar-refractivity contribution in [2.24, 2.45) is 0 Å². The van der Waals surface area contributed by atoms with Crippen molar-refractivity contribution in [3.05, 3.63) is 59.2 Å². The minimum Gasteiger partial charge on any atom is -0.493 e. The van der Waals surface area contributed by atoms with E-state index >= 15 is 0 Å². The topological polar surface area (TPSA) is 79.9 Å². The number of likely N-dealkylation sites (tertiary alicyclic amines) is 1. The first-order valence-corrected chi connectivity index (χ1v) is 10.7. The van der Waals surface area contributed by atoms with Gasteiger partial charge in [0.1, 0.15) is 0 Å². The Morgan fingerprint density at radius 2 is 1.61 bits per heavy atom. The number of ether oxygens (including phenoxy) is 2. The molecule has 3 rings (SSSR count). The van der Waals surface area contributed by atoms with Gasteiger partial charge in [-0.3, -0.25) is 14.5 Å². The number of rotatable bonds is 9. The molecular weight excluding hydrogens is 394 g/mol. The monoisotopic (exact) mass is 425 g/mol. The molecule has 0 aromatic heterocycles. The average molecular weight is 426 g/mol. The molecule has 0 radical (unpaired) electrons. The molecule has 0 bridgehead atoms. The maximum atomic E-state index is 12.4. The molecule has 0 aliphatic carbocycles. The molecule has 0 unspecified atom stereocenters. The summed E-state index contributed by atoms with van der Waals surface area (Å²) in [7, 11) is 3.04. The number of piperidine rings is 1. The second-order valence-electron chi connectivity index (χ2n) is 7.63. The van der Waals surface area contributed by atoms with Crippen molar-refractivity contribution < 1.29 is 19.1 Å². The highest BCUT2D eigenvalue weighted by atomic mass is 16.5. The fourth-order valence-corrected chi connectivity index (χ4v) is 3.74. The van der Waals surface area contributed by atoms with Crippen molar-refractivity contribution >= 4 is 11.8 Å². The van der Waals surface area contributed by atoms with E-state index in [4.69, 9.17) is 9.47 Å². The molecule has 0 saturated carbocycles. The van der Waals surface area contributed by atoms with Gasteiger partial charge in [-0.25, -0.2) is 0 Å². The highest BCUT2D eigenvalue weighted by Crippen LogP contribution is 2.27. The summed E-state index contributed by atoms with van der Waals surface area (Å²) in [4.78, 5) is 27.1. The standard InChI is InChI=1S/C24H31N3O4/c1-30-21-11-10-18(14-22(21)31-2)24(29)26-16-23(28)25-15-19-8-4-5-9-20(19)17-27-12-6-3-7-13-27/h4-5,8-11,14H,3,6-7,12-13,15-17H2,1-2H3,(H,25,28)(H,26,29). The van der Waals surface area contributed by atoms with Gasteiger partial charge in [-0.15, -0.1) is 0 Å².